The Hall–Kier alpha value is -2.15. The van der Waals surface area contributed by atoms with Crippen molar-refractivity contribution in [1.82, 2.24) is 19.3 Å². The van der Waals surface area contributed by atoms with Crippen LogP contribution in [-0.2, 0) is 18.3 Å². The maximum Gasteiger partial charge on any atom is 0.169 e. The predicted octanol–water partition coefficient (Wildman–Crippen LogP) is 0.203. The van der Waals surface area contributed by atoms with Crippen LogP contribution in [-0.4, -0.2) is 39.6 Å². The largest absolute Gasteiger partial charge is 0.383 e. The van der Waals surface area contributed by atoms with Crippen LogP contribution in [0.3, 0.4) is 0 Å². The number of anilines is 1. The van der Waals surface area contributed by atoms with Gasteiger partial charge in [-0.05, 0) is 0 Å². The molecule has 2 N–H and O–H groups in total. The van der Waals surface area contributed by atoms with Crippen LogP contribution in [0.15, 0.2) is 24.8 Å². The topological polar surface area (TPSA) is 80.8 Å². The molecule has 2 heterocycles. The summed E-state index contributed by atoms with van der Waals surface area (Å²) in [6.07, 6.45) is 7.20. The third-order valence-corrected chi connectivity index (χ3v) is 2.67. The first-order chi connectivity index (χ1) is 9.20. The molecule has 0 fully saturated rings. The zero-order valence-corrected chi connectivity index (χ0v) is 11.1. The molecule has 7 nitrogen and oxygen atoms in total. The van der Waals surface area contributed by atoms with Crippen LogP contribution in [0.5, 0.6) is 0 Å². The summed E-state index contributed by atoms with van der Waals surface area (Å²) in [5.41, 5.74) is 1.40. The van der Waals surface area contributed by atoms with E-state index in [2.05, 4.69) is 15.4 Å². The number of aryl methyl sites for hydroxylation is 1. The van der Waals surface area contributed by atoms with Crippen LogP contribution < -0.4 is 10.8 Å². The predicted molar refractivity (Wildman–Crippen MR) is 70.8 cm³/mol. The quantitative estimate of drug-likeness (QED) is 0.729. The van der Waals surface area contributed by atoms with Crippen molar-refractivity contribution >= 4 is 5.82 Å². The fraction of sp³-hybridized carbons (Fsp3) is 0.417. The van der Waals surface area contributed by atoms with Crippen molar-refractivity contribution in [3.8, 4) is 0 Å². The van der Waals surface area contributed by atoms with Gasteiger partial charge in [0, 0.05) is 44.9 Å². The molecule has 0 aliphatic carbocycles. The summed E-state index contributed by atoms with van der Waals surface area (Å²) in [4.78, 5) is 4.16. The first kappa shape index (κ1) is 13.3. The summed E-state index contributed by atoms with van der Waals surface area (Å²) < 4.78 is 8.53. The fourth-order valence-corrected chi connectivity index (χ4v) is 1.74. The summed E-state index contributed by atoms with van der Waals surface area (Å²) in [5.74, 6) is 0.559. The monoisotopic (exact) mass is 262 g/mol. The van der Waals surface area contributed by atoms with Crippen molar-refractivity contribution in [1.29, 1.82) is 5.41 Å². The maximum absolute atomic E-state index is 8.11. The standard InChI is InChI=1S/C12H18N6O/c1-17-8-10(7-16-17)9-18-5-3-14-12(11(18)13)15-4-6-19-2/h3,5,7-8,13H,4,6,9H2,1-2H3,(H,14,15). The van der Waals surface area contributed by atoms with Crippen molar-refractivity contribution in [2.45, 2.75) is 6.54 Å². The average molecular weight is 262 g/mol. The maximum atomic E-state index is 8.11. The summed E-state index contributed by atoms with van der Waals surface area (Å²) in [6, 6.07) is 0. The number of hydrogen-bond donors (Lipinski definition) is 2. The first-order valence-electron chi connectivity index (χ1n) is 6.01. The Kier molecular flexibility index (Phi) is 4.30. The molecule has 2 aromatic rings. The number of ether oxygens (including phenoxy) is 1. The van der Waals surface area contributed by atoms with Crippen LogP contribution in [0.2, 0.25) is 0 Å². The van der Waals surface area contributed by atoms with Gasteiger partial charge in [0.15, 0.2) is 11.3 Å². The minimum atomic E-state index is 0.349. The van der Waals surface area contributed by atoms with Gasteiger partial charge in [-0.1, -0.05) is 0 Å². The van der Waals surface area contributed by atoms with Gasteiger partial charge in [-0.15, -0.1) is 0 Å². The van der Waals surface area contributed by atoms with Gasteiger partial charge in [-0.25, -0.2) is 4.98 Å². The lowest BCUT2D eigenvalue weighted by molar-refractivity contribution is 0.210. The third kappa shape index (κ3) is 3.41. The molecule has 0 saturated carbocycles. The van der Waals surface area contributed by atoms with Crippen LogP contribution in [0.1, 0.15) is 5.56 Å². The molecule has 0 atom stereocenters. The van der Waals surface area contributed by atoms with Crippen molar-refractivity contribution in [3.63, 3.8) is 0 Å². The molecular weight excluding hydrogens is 244 g/mol. The fourth-order valence-electron chi connectivity index (χ4n) is 1.74. The normalized spacial score (nSPS) is 10.6. The van der Waals surface area contributed by atoms with E-state index >= 15 is 0 Å². The highest BCUT2D eigenvalue weighted by Crippen LogP contribution is 2.00. The van der Waals surface area contributed by atoms with E-state index < -0.39 is 0 Å². The lowest BCUT2D eigenvalue weighted by Gasteiger charge is -2.09. The number of hydrogen-bond acceptors (Lipinski definition) is 5. The van der Waals surface area contributed by atoms with E-state index in [1.807, 2.05) is 17.8 Å². The summed E-state index contributed by atoms with van der Waals surface area (Å²) >= 11 is 0. The molecule has 0 amide bonds. The molecule has 0 unspecified atom stereocenters. The van der Waals surface area contributed by atoms with Gasteiger partial charge in [0.1, 0.15) is 0 Å². The molecule has 0 bridgehead atoms. The Labute approximate surface area is 111 Å². The lowest BCUT2D eigenvalue weighted by atomic mass is 10.3. The van der Waals surface area contributed by atoms with Crippen LogP contribution in [0.4, 0.5) is 5.82 Å². The van der Waals surface area contributed by atoms with E-state index in [-0.39, 0.29) is 0 Å². The molecule has 0 aliphatic heterocycles. The molecule has 2 rings (SSSR count). The van der Waals surface area contributed by atoms with E-state index in [4.69, 9.17) is 10.1 Å². The van der Waals surface area contributed by atoms with E-state index in [1.54, 1.807) is 30.4 Å². The molecule has 0 saturated heterocycles. The van der Waals surface area contributed by atoms with Crippen LogP contribution >= 0.6 is 0 Å². The van der Waals surface area contributed by atoms with Gasteiger partial charge >= 0.3 is 0 Å². The minimum absolute atomic E-state index is 0.349. The second-order valence-electron chi connectivity index (χ2n) is 4.19. The third-order valence-electron chi connectivity index (χ3n) is 2.67. The summed E-state index contributed by atoms with van der Waals surface area (Å²) in [6.45, 7) is 1.82. The van der Waals surface area contributed by atoms with Crippen molar-refractivity contribution in [3.05, 3.63) is 35.8 Å². The molecular formula is C12H18N6O. The van der Waals surface area contributed by atoms with E-state index in [9.17, 15) is 0 Å². The Morgan fingerprint density at radius 2 is 2.32 bits per heavy atom. The number of nitrogens with zero attached hydrogens (tertiary/aromatic N) is 4. The Morgan fingerprint density at radius 1 is 1.47 bits per heavy atom. The molecule has 7 heteroatoms. The number of aromatic nitrogens is 4. The molecule has 0 spiro atoms. The summed E-state index contributed by atoms with van der Waals surface area (Å²) in [5, 5.41) is 15.3. The SMILES string of the molecule is COCCNc1nccn(Cc2cnn(C)c2)c1=N. The zero-order valence-electron chi connectivity index (χ0n) is 11.1. The molecule has 102 valence electrons. The Balaban J connectivity index is 2.13. The molecule has 2 aromatic heterocycles. The van der Waals surface area contributed by atoms with Gasteiger partial charge in [-0.3, -0.25) is 10.1 Å². The van der Waals surface area contributed by atoms with Gasteiger partial charge in [0.05, 0.1) is 19.3 Å². The molecule has 19 heavy (non-hydrogen) atoms. The number of rotatable bonds is 6. The Bertz CT molecular complexity index is 588. The minimum Gasteiger partial charge on any atom is -0.383 e. The second kappa shape index (κ2) is 6.14. The zero-order chi connectivity index (χ0) is 13.7. The van der Waals surface area contributed by atoms with Gasteiger partial charge in [0.2, 0.25) is 0 Å². The van der Waals surface area contributed by atoms with Gasteiger partial charge in [-0.2, -0.15) is 5.10 Å². The highest BCUT2D eigenvalue weighted by atomic mass is 16.5. The Morgan fingerprint density at radius 3 is 3.00 bits per heavy atom. The van der Waals surface area contributed by atoms with E-state index in [0.717, 1.165) is 5.56 Å². The smallest absolute Gasteiger partial charge is 0.169 e. The van der Waals surface area contributed by atoms with Crippen molar-refractivity contribution < 1.29 is 4.74 Å². The summed E-state index contributed by atoms with van der Waals surface area (Å²) in [7, 11) is 3.52. The van der Waals surface area contributed by atoms with Crippen molar-refractivity contribution in [2.24, 2.45) is 7.05 Å². The number of nitrogens with one attached hydrogen (secondary N) is 2. The second-order valence-corrected chi connectivity index (χ2v) is 4.19. The lowest BCUT2D eigenvalue weighted by Crippen LogP contribution is -2.26. The van der Waals surface area contributed by atoms with E-state index in [0.29, 0.717) is 31.0 Å². The van der Waals surface area contributed by atoms with Gasteiger partial charge < -0.3 is 14.6 Å². The first-order valence-corrected chi connectivity index (χ1v) is 6.01. The molecule has 0 radical (unpaired) electrons. The van der Waals surface area contributed by atoms with Crippen LogP contribution in [0, 0.1) is 5.41 Å². The highest BCUT2D eigenvalue weighted by molar-refractivity contribution is 5.29. The van der Waals surface area contributed by atoms with Crippen LogP contribution in [0.25, 0.3) is 0 Å². The molecule has 0 aliphatic rings. The van der Waals surface area contributed by atoms with Crippen molar-refractivity contribution in [2.75, 3.05) is 25.6 Å². The average Bonchev–Trinajstić information content (AvgIpc) is 2.80. The van der Waals surface area contributed by atoms with E-state index in [1.165, 1.54) is 0 Å². The number of methoxy groups -OCH3 is 1. The highest BCUT2D eigenvalue weighted by Gasteiger charge is 2.03. The molecule has 0 aromatic carbocycles. The van der Waals surface area contributed by atoms with Gasteiger partial charge in [0.25, 0.3) is 0 Å².